The molecule has 0 aromatic carbocycles. The van der Waals surface area contributed by atoms with Gasteiger partial charge in [-0.1, -0.05) is 33.1 Å². The fourth-order valence-corrected chi connectivity index (χ4v) is 4.01. The van der Waals surface area contributed by atoms with E-state index in [1.165, 1.54) is 12.8 Å². The second-order valence-electron chi connectivity index (χ2n) is 5.28. The number of hydrogen-bond donors (Lipinski definition) is 2. The van der Waals surface area contributed by atoms with Crippen LogP contribution < -0.4 is 10.0 Å². The zero-order chi connectivity index (χ0) is 13.4. The Bertz CT molecular complexity index is 317. The average molecular weight is 276 g/mol. The first-order valence-corrected chi connectivity index (χ1v) is 8.93. The van der Waals surface area contributed by atoms with Crippen molar-refractivity contribution >= 4 is 10.0 Å². The van der Waals surface area contributed by atoms with Crippen molar-refractivity contribution in [1.82, 2.24) is 10.0 Å². The first-order valence-electron chi connectivity index (χ1n) is 7.28. The highest BCUT2D eigenvalue weighted by Gasteiger charge is 2.24. The van der Waals surface area contributed by atoms with E-state index in [2.05, 4.69) is 17.0 Å². The zero-order valence-corrected chi connectivity index (χ0v) is 12.6. The predicted octanol–water partition coefficient (Wildman–Crippen LogP) is 1.87. The molecule has 18 heavy (non-hydrogen) atoms. The summed E-state index contributed by atoms with van der Waals surface area (Å²) in [5, 5.41) is 3.15. The topological polar surface area (TPSA) is 58.2 Å². The Morgan fingerprint density at radius 2 is 2.00 bits per heavy atom. The summed E-state index contributed by atoms with van der Waals surface area (Å²) in [5.74, 6) is 0.945. The monoisotopic (exact) mass is 276 g/mol. The molecular weight excluding hydrogens is 248 g/mol. The summed E-state index contributed by atoms with van der Waals surface area (Å²) in [6.07, 6.45) is 6.29. The van der Waals surface area contributed by atoms with Crippen molar-refractivity contribution in [1.29, 1.82) is 0 Å². The molecule has 1 aliphatic rings. The second kappa shape index (κ2) is 8.12. The van der Waals surface area contributed by atoms with Gasteiger partial charge in [-0.2, -0.15) is 0 Å². The van der Waals surface area contributed by atoms with Gasteiger partial charge in [0.05, 0.1) is 5.75 Å². The van der Waals surface area contributed by atoms with Gasteiger partial charge in [0.15, 0.2) is 0 Å². The van der Waals surface area contributed by atoms with Gasteiger partial charge < -0.3 is 5.32 Å². The number of rotatable bonds is 8. The van der Waals surface area contributed by atoms with E-state index in [4.69, 9.17) is 0 Å². The van der Waals surface area contributed by atoms with E-state index in [9.17, 15) is 8.42 Å². The van der Waals surface area contributed by atoms with E-state index in [0.29, 0.717) is 12.3 Å². The molecule has 1 fully saturated rings. The first kappa shape index (κ1) is 15.9. The molecule has 1 aliphatic carbocycles. The van der Waals surface area contributed by atoms with Crippen LogP contribution >= 0.6 is 0 Å². The Morgan fingerprint density at radius 3 is 2.67 bits per heavy atom. The summed E-state index contributed by atoms with van der Waals surface area (Å²) in [5.41, 5.74) is 0. The lowest BCUT2D eigenvalue weighted by molar-refractivity contribution is 0.301. The molecule has 0 spiro atoms. The summed E-state index contributed by atoms with van der Waals surface area (Å²) >= 11 is 0. The SMILES string of the molecule is CCNCCCS(=O)(=O)NC1CCCC(CC)C1. The fraction of sp³-hybridized carbons (Fsp3) is 1.00. The molecule has 2 N–H and O–H groups in total. The van der Waals surface area contributed by atoms with Crippen LogP contribution in [-0.4, -0.2) is 33.3 Å². The third kappa shape index (κ3) is 6.16. The van der Waals surface area contributed by atoms with Crippen molar-refractivity contribution < 1.29 is 8.42 Å². The van der Waals surface area contributed by atoms with Gasteiger partial charge in [-0.05, 0) is 38.3 Å². The van der Waals surface area contributed by atoms with Gasteiger partial charge in [0, 0.05) is 6.04 Å². The van der Waals surface area contributed by atoms with Crippen molar-refractivity contribution in [2.45, 2.75) is 58.4 Å². The molecule has 0 heterocycles. The maximum absolute atomic E-state index is 11.9. The minimum atomic E-state index is -3.08. The average Bonchev–Trinajstić information content (AvgIpc) is 2.34. The van der Waals surface area contributed by atoms with Gasteiger partial charge in [0.25, 0.3) is 0 Å². The quantitative estimate of drug-likeness (QED) is 0.665. The van der Waals surface area contributed by atoms with Crippen molar-refractivity contribution in [2.75, 3.05) is 18.8 Å². The standard InChI is InChI=1S/C13H28N2O2S/c1-3-12-7-5-8-13(11-12)15-18(16,17)10-6-9-14-4-2/h12-15H,3-11H2,1-2H3. The molecule has 1 rings (SSSR count). The maximum Gasteiger partial charge on any atom is 0.211 e. The molecule has 0 bridgehead atoms. The normalized spacial score (nSPS) is 25.2. The van der Waals surface area contributed by atoms with Crippen LogP contribution in [0.4, 0.5) is 0 Å². The lowest BCUT2D eigenvalue weighted by atomic mass is 9.85. The van der Waals surface area contributed by atoms with Crippen LogP contribution in [-0.2, 0) is 10.0 Å². The van der Waals surface area contributed by atoms with E-state index >= 15 is 0 Å². The van der Waals surface area contributed by atoms with Crippen LogP contribution in [0.15, 0.2) is 0 Å². The summed E-state index contributed by atoms with van der Waals surface area (Å²) in [6, 6.07) is 0.174. The van der Waals surface area contributed by atoms with Crippen molar-refractivity contribution in [3.05, 3.63) is 0 Å². The van der Waals surface area contributed by atoms with E-state index in [1.54, 1.807) is 0 Å². The third-order valence-corrected chi connectivity index (χ3v) is 5.24. The fourth-order valence-electron chi connectivity index (χ4n) is 2.65. The highest BCUT2D eigenvalue weighted by Crippen LogP contribution is 2.26. The number of sulfonamides is 1. The Kier molecular flexibility index (Phi) is 7.19. The van der Waals surface area contributed by atoms with Crippen LogP contribution in [0, 0.1) is 5.92 Å². The van der Waals surface area contributed by atoms with E-state index in [-0.39, 0.29) is 11.8 Å². The summed E-state index contributed by atoms with van der Waals surface area (Å²) in [4.78, 5) is 0. The molecule has 108 valence electrons. The van der Waals surface area contributed by atoms with Gasteiger partial charge in [0.1, 0.15) is 0 Å². The lowest BCUT2D eigenvalue weighted by Crippen LogP contribution is -2.39. The smallest absolute Gasteiger partial charge is 0.211 e. The highest BCUT2D eigenvalue weighted by molar-refractivity contribution is 7.89. The van der Waals surface area contributed by atoms with Crippen LogP contribution in [0.2, 0.25) is 0 Å². The molecule has 0 aromatic heterocycles. The van der Waals surface area contributed by atoms with Crippen LogP contribution in [0.1, 0.15) is 52.4 Å². The van der Waals surface area contributed by atoms with Gasteiger partial charge >= 0.3 is 0 Å². The van der Waals surface area contributed by atoms with Crippen molar-refractivity contribution in [3.63, 3.8) is 0 Å². The number of hydrogen-bond acceptors (Lipinski definition) is 3. The summed E-state index contributed by atoms with van der Waals surface area (Å²) < 4.78 is 26.7. The Hall–Kier alpha value is -0.130. The zero-order valence-electron chi connectivity index (χ0n) is 11.7. The van der Waals surface area contributed by atoms with Gasteiger partial charge in [-0.25, -0.2) is 13.1 Å². The molecule has 0 saturated heterocycles. The molecular formula is C13H28N2O2S. The molecule has 2 atom stereocenters. The van der Waals surface area contributed by atoms with E-state index < -0.39 is 10.0 Å². The molecule has 0 radical (unpaired) electrons. The molecule has 0 aromatic rings. The number of nitrogens with one attached hydrogen (secondary N) is 2. The highest BCUT2D eigenvalue weighted by atomic mass is 32.2. The van der Waals surface area contributed by atoms with Crippen molar-refractivity contribution in [2.24, 2.45) is 5.92 Å². The molecule has 4 nitrogen and oxygen atoms in total. The van der Waals surface area contributed by atoms with Crippen LogP contribution in [0.25, 0.3) is 0 Å². The maximum atomic E-state index is 11.9. The summed E-state index contributed by atoms with van der Waals surface area (Å²) in [6.45, 7) is 5.89. The molecule has 0 aliphatic heterocycles. The first-order chi connectivity index (χ1) is 8.57. The third-order valence-electron chi connectivity index (χ3n) is 3.72. The minimum absolute atomic E-state index is 0.174. The van der Waals surface area contributed by atoms with Gasteiger partial charge in [0.2, 0.25) is 10.0 Å². The Morgan fingerprint density at radius 1 is 1.22 bits per heavy atom. The van der Waals surface area contributed by atoms with Gasteiger partial charge in [-0.3, -0.25) is 0 Å². The molecule has 0 amide bonds. The molecule has 1 saturated carbocycles. The predicted molar refractivity (Wildman–Crippen MR) is 76.1 cm³/mol. The molecule has 2 unspecified atom stereocenters. The van der Waals surface area contributed by atoms with Crippen LogP contribution in [0.3, 0.4) is 0 Å². The van der Waals surface area contributed by atoms with Crippen LogP contribution in [0.5, 0.6) is 0 Å². The minimum Gasteiger partial charge on any atom is -0.317 e. The largest absolute Gasteiger partial charge is 0.317 e. The van der Waals surface area contributed by atoms with E-state index in [0.717, 1.165) is 32.4 Å². The molecule has 5 heteroatoms. The van der Waals surface area contributed by atoms with E-state index in [1.807, 2.05) is 6.92 Å². The Balaban J connectivity index is 2.30. The summed E-state index contributed by atoms with van der Waals surface area (Å²) in [7, 11) is -3.08. The lowest BCUT2D eigenvalue weighted by Gasteiger charge is -2.28. The van der Waals surface area contributed by atoms with Crippen molar-refractivity contribution in [3.8, 4) is 0 Å². The second-order valence-corrected chi connectivity index (χ2v) is 7.16. The van der Waals surface area contributed by atoms with Gasteiger partial charge in [-0.15, -0.1) is 0 Å². The Labute approximate surface area is 112 Å².